The van der Waals surface area contributed by atoms with Gasteiger partial charge in [0.25, 0.3) is 0 Å². The Morgan fingerprint density at radius 3 is 2.44 bits per heavy atom. The number of guanidine groups is 1. The first-order chi connectivity index (χ1) is 12.7. The number of methoxy groups -OCH3 is 1. The van der Waals surface area contributed by atoms with Crippen molar-refractivity contribution in [2.75, 3.05) is 13.7 Å². The fourth-order valence-corrected chi connectivity index (χ4v) is 2.54. The minimum atomic E-state index is 0. The summed E-state index contributed by atoms with van der Waals surface area (Å²) in [4.78, 5) is 4.39. The van der Waals surface area contributed by atoms with E-state index < -0.39 is 0 Å². The first kappa shape index (κ1) is 20.8. The average Bonchev–Trinajstić information content (AvgIpc) is 3.22. The summed E-state index contributed by atoms with van der Waals surface area (Å²) in [6.45, 7) is 1.28. The van der Waals surface area contributed by atoms with Gasteiger partial charge in [-0.2, -0.15) is 5.10 Å². The van der Waals surface area contributed by atoms with Gasteiger partial charge in [0.15, 0.2) is 5.96 Å². The zero-order valence-corrected chi connectivity index (χ0v) is 17.5. The van der Waals surface area contributed by atoms with E-state index in [9.17, 15) is 0 Å². The van der Waals surface area contributed by atoms with Gasteiger partial charge in [-0.25, -0.2) is 9.67 Å². The minimum Gasteiger partial charge on any atom is -0.497 e. The monoisotopic (exact) mass is 477 g/mol. The molecule has 0 saturated heterocycles. The van der Waals surface area contributed by atoms with Crippen LogP contribution >= 0.6 is 24.0 Å². The van der Waals surface area contributed by atoms with Crippen LogP contribution in [-0.2, 0) is 13.0 Å². The lowest BCUT2D eigenvalue weighted by molar-refractivity contribution is 0.414. The third-order valence-electron chi connectivity index (χ3n) is 4.02. The van der Waals surface area contributed by atoms with Gasteiger partial charge >= 0.3 is 0 Å². The lowest BCUT2D eigenvalue weighted by Gasteiger charge is -2.07. The average molecular weight is 477 g/mol. The van der Waals surface area contributed by atoms with Crippen LogP contribution in [0.15, 0.2) is 72.0 Å². The molecule has 0 radical (unpaired) electrons. The van der Waals surface area contributed by atoms with Crippen LogP contribution in [0.4, 0.5) is 0 Å². The molecule has 27 heavy (non-hydrogen) atoms. The molecule has 0 spiro atoms. The molecule has 3 rings (SSSR count). The fourth-order valence-electron chi connectivity index (χ4n) is 2.54. The number of ether oxygens (including phenoxy) is 1. The molecule has 1 heterocycles. The maximum atomic E-state index is 5.94. The molecule has 0 bridgehead atoms. The molecule has 0 unspecified atom stereocenters. The van der Waals surface area contributed by atoms with Crippen molar-refractivity contribution < 1.29 is 4.74 Å². The molecule has 7 heteroatoms. The van der Waals surface area contributed by atoms with Crippen LogP contribution in [0.25, 0.3) is 5.69 Å². The van der Waals surface area contributed by atoms with E-state index in [1.54, 1.807) is 13.3 Å². The Hall–Kier alpha value is -2.55. The van der Waals surface area contributed by atoms with Crippen molar-refractivity contribution in [2.45, 2.75) is 13.0 Å². The number of nitrogens with one attached hydrogen (secondary N) is 1. The molecule has 0 amide bonds. The van der Waals surface area contributed by atoms with Gasteiger partial charge in [0.1, 0.15) is 5.75 Å². The van der Waals surface area contributed by atoms with Gasteiger partial charge in [0.2, 0.25) is 0 Å². The molecule has 3 N–H and O–H groups in total. The van der Waals surface area contributed by atoms with Gasteiger partial charge in [-0.1, -0.05) is 24.3 Å². The first-order valence-corrected chi connectivity index (χ1v) is 8.50. The fraction of sp³-hybridized carbons (Fsp3) is 0.200. The van der Waals surface area contributed by atoms with Gasteiger partial charge in [-0.3, -0.25) is 0 Å². The summed E-state index contributed by atoms with van der Waals surface area (Å²) in [6.07, 6.45) is 4.55. The summed E-state index contributed by atoms with van der Waals surface area (Å²) in [5, 5.41) is 7.36. The highest BCUT2D eigenvalue weighted by molar-refractivity contribution is 14.0. The van der Waals surface area contributed by atoms with Crippen molar-refractivity contribution in [1.82, 2.24) is 15.1 Å². The van der Waals surface area contributed by atoms with Crippen LogP contribution in [0.2, 0.25) is 0 Å². The van der Waals surface area contributed by atoms with Gasteiger partial charge in [-0.05, 0) is 47.9 Å². The smallest absolute Gasteiger partial charge is 0.188 e. The summed E-state index contributed by atoms with van der Waals surface area (Å²) in [5.74, 6) is 1.32. The van der Waals surface area contributed by atoms with Crippen LogP contribution in [0.3, 0.4) is 0 Å². The molecule has 0 aliphatic carbocycles. The second-order valence-corrected chi connectivity index (χ2v) is 5.84. The molecule has 0 aliphatic heterocycles. The van der Waals surface area contributed by atoms with E-state index in [0.717, 1.165) is 30.0 Å². The van der Waals surface area contributed by atoms with E-state index in [4.69, 9.17) is 10.5 Å². The largest absolute Gasteiger partial charge is 0.497 e. The van der Waals surface area contributed by atoms with Crippen molar-refractivity contribution in [2.24, 2.45) is 10.7 Å². The van der Waals surface area contributed by atoms with Crippen molar-refractivity contribution >= 4 is 29.9 Å². The Balaban J connectivity index is 0.00000261. The number of aromatic nitrogens is 2. The van der Waals surface area contributed by atoms with Crippen molar-refractivity contribution in [1.29, 1.82) is 0 Å². The maximum absolute atomic E-state index is 5.94. The molecule has 0 aliphatic rings. The molecule has 2 aromatic carbocycles. The molecule has 142 valence electrons. The van der Waals surface area contributed by atoms with Gasteiger partial charge in [0, 0.05) is 18.9 Å². The second-order valence-electron chi connectivity index (χ2n) is 5.84. The number of hydrogen-bond acceptors (Lipinski definition) is 3. The number of hydrogen-bond donors (Lipinski definition) is 2. The molecule has 0 atom stereocenters. The Labute approximate surface area is 176 Å². The minimum absolute atomic E-state index is 0. The third-order valence-corrected chi connectivity index (χ3v) is 4.02. The highest BCUT2D eigenvalue weighted by Gasteiger charge is 1.98. The Morgan fingerprint density at radius 1 is 1.11 bits per heavy atom. The molecule has 6 nitrogen and oxygen atoms in total. The van der Waals surface area contributed by atoms with Crippen LogP contribution < -0.4 is 15.8 Å². The standard InChI is InChI=1S/C20H23N5O.HI/c1-26-19-9-5-16(6-10-19)11-13-22-20(21)23-15-17-3-7-18(8-4-17)25-14-2-12-24-25;/h2-10,12,14H,11,13,15H2,1H3,(H3,21,22,23);1H. The second kappa shape index (κ2) is 10.6. The molecule has 3 aromatic rings. The summed E-state index contributed by atoms with van der Waals surface area (Å²) >= 11 is 0. The number of aliphatic imine (C=N–C) groups is 1. The van der Waals surface area contributed by atoms with E-state index in [2.05, 4.69) is 27.5 Å². The molecule has 0 fully saturated rings. The van der Waals surface area contributed by atoms with Gasteiger partial charge < -0.3 is 15.8 Å². The number of halogens is 1. The SMILES string of the molecule is COc1ccc(CCNC(N)=NCc2ccc(-n3cccn3)cc2)cc1.I. The predicted octanol–water partition coefficient (Wildman–Crippen LogP) is 3.15. The number of nitrogens with zero attached hydrogens (tertiary/aromatic N) is 3. The number of rotatable bonds is 7. The molecular weight excluding hydrogens is 453 g/mol. The normalized spacial score (nSPS) is 10.9. The molecule has 0 saturated carbocycles. The zero-order chi connectivity index (χ0) is 18.2. The molecule has 1 aromatic heterocycles. The van der Waals surface area contributed by atoms with Crippen LogP contribution in [0.5, 0.6) is 5.75 Å². The highest BCUT2D eigenvalue weighted by Crippen LogP contribution is 2.11. The Morgan fingerprint density at radius 2 is 1.81 bits per heavy atom. The van der Waals surface area contributed by atoms with Crippen molar-refractivity contribution in [3.05, 3.63) is 78.1 Å². The van der Waals surface area contributed by atoms with Crippen molar-refractivity contribution in [3.63, 3.8) is 0 Å². The quantitative estimate of drug-likeness (QED) is 0.312. The lowest BCUT2D eigenvalue weighted by atomic mass is 10.1. The van der Waals surface area contributed by atoms with Crippen LogP contribution in [0, 0.1) is 0 Å². The maximum Gasteiger partial charge on any atom is 0.188 e. The van der Waals surface area contributed by atoms with E-state index in [1.165, 1.54) is 5.56 Å². The number of nitrogens with two attached hydrogens (primary N) is 1. The Bertz CT molecular complexity index is 830. The zero-order valence-electron chi connectivity index (χ0n) is 15.2. The first-order valence-electron chi connectivity index (χ1n) is 8.50. The van der Waals surface area contributed by atoms with E-state index >= 15 is 0 Å². The van der Waals surface area contributed by atoms with Gasteiger partial charge in [-0.15, -0.1) is 24.0 Å². The third kappa shape index (κ3) is 6.28. The lowest BCUT2D eigenvalue weighted by Crippen LogP contribution is -2.33. The van der Waals surface area contributed by atoms with Crippen molar-refractivity contribution in [3.8, 4) is 11.4 Å². The highest BCUT2D eigenvalue weighted by atomic mass is 127. The predicted molar refractivity (Wildman–Crippen MR) is 119 cm³/mol. The summed E-state index contributed by atoms with van der Waals surface area (Å²) in [5.41, 5.74) is 9.29. The van der Waals surface area contributed by atoms with Crippen LogP contribution in [0.1, 0.15) is 11.1 Å². The summed E-state index contributed by atoms with van der Waals surface area (Å²) in [7, 11) is 1.67. The van der Waals surface area contributed by atoms with E-state index in [0.29, 0.717) is 12.5 Å². The van der Waals surface area contributed by atoms with E-state index in [-0.39, 0.29) is 24.0 Å². The summed E-state index contributed by atoms with van der Waals surface area (Å²) < 4.78 is 6.98. The van der Waals surface area contributed by atoms with E-state index in [1.807, 2.05) is 53.3 Å². The topological polar surface area (TPSA) is 77.5 Å². The number of benzene rings is 2. The van der Waals surface area contributed by atoms with Crippen LogP contribution in [-0.4, -0.2) is 29.4 Å². The van der Waals surface area contributed by atoms with Gasteiger partial charge in [0.05, 0.1) is 19.3 Å². The summed E-state index contributed by atoms with van der Waals surface area (Å²) in [6, 6.07) is 18.0. The Kier molecular flexibility index (Phi) is 8.12. The molecular formula is C20H24IN5O.